The molecule has 2 aromatic carbocycles. The Labute approximate surface area is 188 Å². The summed E-state index contributed by atoms with van der Waals surface area (Å²) in [6.45, 7) is 3.51. The Morgan fingerprint density at radius 3 is 2.36 bits per heavy atom. The highest BCUT2D eigenvalue weighted by atomic mass is 19.4. The number of benzene rings is 2. The minimum atomic E-state index is -4.53. The molecule has 0 saturated heterocycles. The molecule has 10 heteroatoms. The van der Waals surface area contributed by atoms with Gasteiger partial charge in [-0.15, -0.1) is 0 Å². The van der Waals surface area contributed by atoms with Crippen LogP contribution in [0.25, 0.3) is 0 Å². The summed E-state index contributed by atoms with van der Waals surface area (Å²) >= 11 is 0. The van der Waals surface area contributed by atoms with Gasteiger partial charge < -0.3 is 15.4 Å². The highest BCUT2D eigenvalue weighted by molar-refractivity contribution is 5.92. The molecule has 7 nitrogen and oxygen atoms in total. The molecule has 1 heterocycles. The summed E-state index contributed by atoms with van der Waals surface area (Å²) in [4.78, 5) is 32.0. The van der Waals surface area contributed by atoms with Gasteiger partial charge in [-0.05, 0) is 35.9 Å². The van der Waals surface area contributed by atoms with Gasteiger partial charge in [-0.2, -0.15) is 13.2 Å². The third-order valence-electron chi connectivity index (χ3n) is 4.45. The normalized spacial score (nSPS) is 11.2. The maximum atomic E-state index is 13.1. The van der Waals surface area contributed by atoms with Crippen LogP contribution in [0.3, 0.4) is 0 Å². The molecule has 0 radical (unpaired) electrons. The highest BCUT2D eigenvalue weighted by Crippen LogP contribution is 2.32. The minimum absolute atomic E-state index is 0.105. The second-order valence-corrected chi connectivity index (χ2v) is 7.39. The first-order valence-corrected chi connectivity index (χ1v) is 9.97. The smallest absolute Gasteiger partial charge is 0.416 e. The average molecular weight is 458 g/mol. The number of alkyl halides is 3. The van der Waals surface area contributed by atoms with Crippen molar-refractivity contribution in [3.05, 3.63) is 72.1 Å². The van der Waals surface area contributed by atoms with Gasteiger partial charge in [0, 0.05) is 17.7 Å². The van der Waals surface area contributed by atoms with E-state index in [4.69, 9.17) is 4.74 Å². The molecule has 0 spiro atoms. The molecule has 0 fully saturated rings. The van der Waals surface area contributed by atoms with Crippen LogP contribution >= 0.6 is 0 Å². The number of anilines is 2. The Morgan fingerprint density at radius 1 is 1.00 bits per heavy atom. The largest absolute Gasteiger partial charge is 0.439 e. The van der Waals surface area contributed by atoms with E-state index in [0.29, 0.717) is 17.3 Å². The number of nitrogens with zero attached hydrogens (tertiary/aromatic N) is 2. The molecule has 3 aromatic rings. The lowest BCUT2D eigenvalue weighted by molar-refractivity contribution is -0.138. The Morgan fingerprint density at radius 2 is 1.70 bits per heavy atom. The first-order valence-electron chi connectivity index (χ1n) is 9.97. The van der Waals surface area contributed by atoms with Gasteiger partial charge >= 0.3 is 6.18 Å². The Bertz CT molecular complexity index is 1130. The van der Waals surface area contributed by atoms with Crippen molar-refractivity contribution >= 4 is 23.3 Å². The van der Waals surface area contributed by atoms with Crippen LogP contribution in [0.2, 0.25) is 0 Å². The number of aromatic nitrogens is 2. The molecule has 0 bridgehead atoms. The van der Waals surface area contributed by atoms with Gasteiger partial charge in [0.1, 0.15) is 17.9 Å². The maximum Gasteiger partial charge on any atom is 0.416 e. The standard InChI is InChI=1S/C23H21F3N4O3/c1-14(2)22(32)30-19-12-21(28-13-27-19)33-17-9-7-16(8-10-17)29-20(31)11-15-5-3-4-6-18(15)23(24,25)26/h3-10,12-14H,11H2,1-2H3,(H,29,31)(H,27,28,30,32). The van der Waals surface area contributed by atoms with Crippen LogP contribution in [-0.2, 0) is 22.2 Å². The van der Waals surface area contributed by atoms with Gasteiger partial charge in [-0.25, -0.2) is 9.97 Å². The molecule has 1 aromatic heterocycles. The first kappa shape index (κ1) is 23.7. The zero-order valence-electron chi connectivity index (χ0n) is 17.8. The molecular formula is C23H21F3N4O3. The van der Waals surface area contributed by atoms with E-state index in [-0.39, 0.29) is 23.3 Å². The number of carbonyl (C=O) groups is 2. The van der Waals surface area contributed by atoms with Crippen LogP contribution in [0, 0.1) is 5.92 Å². The number of hydrogen-bond donors (Lipinski definition) is 2. The van der Waals surface area contributed by atoms with E-state index in [1.54, 1.807) is 38.1 Å². The summed E-state index contributed by atoms with van der Waals surface area (Å²) in [5, 5.41) is 5.21. The molecule has 2 N–H and O–H groups in total. The van der Waals surface area contributed by atoms with E-state index in [1.807, 2.05) is 0 Å². The maximum absolute atomic E-state index is 13.1. The molecular weight excluding hydrogens is 437 g/mol. The van der Waals surface area contributed by atoms with Crippen molar-refractivity contribution in [2.24, 2.45) is 5.92 Å². The molecule has 3 rings (SSSR count). The van der Waals surface area contributed by atoms with Crippen molar-refractivity contribution in [3.63, 3.8) is 0 Å². The fourth-order valence-electron chi connectivity index (χ4n) is 2.79. The van der Waals surface area contributed by atoms with E-state index in [1.165, 1.54) is 30.6 Å². The molecule has 0 unspecified atom stereocenters. The summed E-state index contributed by atoms with van der Waals surface area (Å²) in [6, 6.07) is 12.6. The van der Waals surface area contributed by atoms with Crippen molar-refractivity contribution in [2.45, 2.75) is 26.4 Å². The fourth-order valence-corrected chi connectivity index (χ4v) is 2.79. The quantitative estimate of drug-likeness (QED) is 0.516. The Balaban J connectivity index is 1.61. The first-order chi connectivity index (χ1) is 15.6. The zero-order valence-corrected chi connectivity index (χ0v) is 17.8. The summed E-state index contributed by atoms with van der Waals surface area (Å²) in [5.74, 6) is -0.102. The number of ether oxygens (including phenoxy) is 1. The number of halogens is 3. The van der Waals surface area contributed by atoms with Crippen molar-refractivity contribution in [2.75, 3.05) is 10.6 Å². The summed E-state index contributed by atoms with van der Waals surface area (Å²) in [5.41, 5.74) is -0.548. The second kappa shape index (κ2) is 10.1. The highest BCUT2D eigenvalue weighted by Gasteiger charge is 2.33. The van der Waals surface area contributed by atoms with Crippen LogP contribution in [0.4, 0.5) is 24.7 Å². The molecule has 2 amide bonds. The SMILES string of the molecule is CC(C)C(=O)Nc1cc(Oc2ccc(NC(=O)Cc3ccccc3C(F)(F)F)cc2)ncn1. The molecule has 0 aliphatic carbocycles. The van der Waals surface area contributed by atoms with Crippen LogP contribution in [0.1, 0.15) is 25.0 Å². The lowest BCUT2D eigenvalue weighted by atomic mass is 10.0. The summed E-state index contributed by atoms with van der Waals surface area (Å²) in [7, 11) is 0. The van der Waals surface area contributed by atoms with E-state index >= 15 is 0 Å². The Kier molecular flexibility index (Phi) is 7.27. The molecule has 172 valence electrons. The number of carbonyl (C=O) groups excluding carboxylic acids is 2. The number of rotatable bonds is 7. The third-order valence-corrected chi connectivity index (χ3v) is 4.45. The topological polar surface area (TPSA) is 93.2 Å². The van der Waals surface area contributed by atoms with Crippen molar-refractivity contribution < 1.29 is 27.5 Å². The third kappa shape index (κ3) is 6.76. The summed E-state index contributed by atoms with van der Waals surface area (Å²) in [6.07, 6.45) is -3.70. The van der Waals surface area contributed by atoms with Crippen LogP contribution in [0.15, 0.2) is 60.9 Å². The molecule has 33 heavy (non-hydrogen) atoms. The number of hydrogen-bond acceptors (Lipinski definition) is 5. The van der Waals surface area contributed by atoms with Crippen LogP contribution < -0.4 is 15.4 Å². The van der Waals surface area contributed by atoms with Gasteiger partial charge in [0.15, 0.2) is 0 Å². The predicted molar refractivity (Wildman–Crippen MR) is 116 cm³/mol. The average Bonchev–Trinajstić information content (AvgIpc) is 2.75. The zero-order chi connectivity index (χ0) is 24.0. The van der Waals surface area contributed by atoms with E-state index in [9.17, 15) is 22.8 Å². The summed E-state index contributed by atoms with van der Waals surface area (Å²) < 4.78 is 44.9. The molecule has 0 aliphatic heterocycles. The van der Waals surface area contributed by atoms with E-state index in [2.05, 4.69) is 20.6 Å². The fraction of sp³-hybridized carbons (Fsp3) is 0.217. The van der Waals surface area contributed by atoms with Crippen molar-refractivity contribution in [3.8, 4) is 11.6 Å². The predicted octanol–water partition coefficient (Wildman–Crippen LogP) is 5.06. The van der Waals surface area contributed by atoms with Crippen molar-refractivity contribution in [1.29, 1.82) is 0 Å². The van der Waals surface area contributed by atoms with Crippen molar-refractivity contribution in [1.82, 2.24) is 9.97 Å². The molecule has 0 aliphatic rings. The van der Waals surface area contributed by atoms with Crippen LogP contribution in [-0.4, -0.2) is 21.8 Å². The van der Waals surface area contributed by atoms with Gasteiger partial charge in [0.25, 0.3) is 0 Å². The second-order valence-electron chi connectivity index (χ2n) is 7.39. The molecule has 0 saturated carbocycles. The van der Waals surface area contributed by atoms with Gasteiger partial charge in [0.2, 0.25) is 17.7 Å². The molecule has 0 atom stereocenters. The monoisotopic (exact) mass is 458 g/mol. The number of nitrogens with one attached hydrogen (secondary N) is 2. The lowest BCUT2D eigenvalue weighted by Gasteiger charge is -2.13. The Hall–Kier alpha value is -3.95. The van der Waals surface area contributed by atoms with Crippen LogP contribution in [0.5, 0.6) is 11.6 Å². The van der Waals surface area contributed by atoms with Gasteiger partial charge in [-0.1, -0.05) is 32.0 Å². The van der Waals surface area contributed by atoms with E-state index < -0.39 is 24.1 Å². The van der Waals surface area contributed by atoms with Gasteiger partial charge in [0.05, 0.1) is 12.0 Å². The van der Waals surface area contributed by atoms with E-state index in [0.717, 1.165) is 6.07 Å². The number of amides is 2. The van der Waals surface area contributed by atoms with Gasteiger partial charge in [-0.3, -0.25) is 9.59 Å². The minimum Gasteiger partial charge on any atom is -0.439 e. The lowest BCUT2D eigenvalue weighted by Crippen LogP contribution is -2.18.